The largest absolute Gasteiger partial charge is 0.454 e. The standard InChI is InChI=1S/C9H9NO2/c1-5-6-3-2-4-7(10)8(6)9(11)12-5/h2-5H,10H2,1H3/t5-/m1/s1. The molecule has 0 amide bonds. The van der Waals surface area contributed by atoms with Crippen LogP contribution in [0.15, 0.2) is 18.2 Å². The van der Waals surface area contributed by atoms with E-state index in [1.807, 2.05) is 19.1 Å². The maximum atomic E-state index is 11.2. The lowest BCUT2D eigenvalue weighted by Gasteiger charge is -2.01. The van der Waals surface area contributed by atoms with Gasteiger partial charge in [-0.3, -0.25) is 0 Å². The maximum Gasteiger partial charge on any atom is 0.341 e. The number of fused-ring (bicyclic) bond motifs is 1. The molecule has 1 atom stereocenters. The van der Waals surface area contributed by atoms with Gasteiger partial charge >= 0.3 is 5.97 Å². The molecular formula is C9H9NO2. The summed E-state index contributed by atoms with van der Waals surface area (Å²) in [5.74, 6) is -0.310. The second-order valence-corrected chi connectivity index (χ2v) is 2.86. The number of nitrogens with two attached hydrogens (primary N) is 1. The number of cyclic esters (lactones) is 1. The second kappa shape index (κ2) is 2.24. The topological polar surface area (TPSA) is 52.3 Å². The Morgan fingerprint density at radius 2 is 2.25 bits per heavy atom. The van der Waals surface area contributed by atoms with Crippen molar-refractivity contribution >= 4 is 11.7 Å². The molecule has 0 bridgehead atoms. The highest BCUT2D eigenvalue weighted by atomic mass is 16.5. The van der Waals surface area contributed by atoms with Crippen LogP contribution in [-0.2, 0) is 4.74 Å². The molecule has 0 aliphatic carbocycles. The molecule has 1 aromatic carbocycles. The van der Waals surface area contributed by atoms with Gasteiger partial charge in [0.25, 0.3) is 0 Å². The first-order chi connectivity index (χ1) is 5.70. The van der Waals surface area contributed by atoms with Crippen molar-refractivity contribution < 1.29 is 9.53 Å². The Labute approximate surface area is 70.1 Å². The first-order valence-corrected chi connectivity index (χ1v) is 3.79. The van der Waals surface area contributed by atoms with Crippen molar-refractivity contribution in [3.8, 4) is 0 Å². The van der Waals surface area contributed by atoms with Crippen LogP contribution in [0.5, 0.6) is 0 Å². The van der Waals surface area contributed by atoms with Crippen molar-refractivity contribution in [2.75, 3.05) is 5.73 Å². The summed E-state index contributed by atoms with van der Waals surface area (Å²) in [7, 11) is 0. The summed E-state index contributed by atoms with van der Waals surface area (Å²) in [4.78, 5) is 11.2. The normalized spacial score (nSPS) is 20.4. The van der Waals surface area contributed by atoms with Crippen molar-refractivity contribution in [1.29, 1.82) is 0 Å². The quantitative estimate of drug-likeness (QED) is 0.465. The SMILES string of the molecule is C[C@H]1OC(=O)c2c(N)cccc21. The molecule has 0 fully saturated rings. The van der Waals surface area contributed by atoms with Crippen LogP contribution in [0, 0.1) is 0 Å². The van der Waals surface area contributed by atoms with Gasteiger partial charge in [0.15, 0.2) is 0 Å². The van der Waals surface area contributed by atoms with Crippen LogP contribution in [-0.4, -0.2) is 5.97 Å². The highest BCUT2D eigenvalue weighted by molar-refractivity contribution is 5.99. The average Bonchev–Trinajstić information content (AvgIpc) is 2.29. The molecule has 1 aliphatic heterocycles. The Hall–Kier alpha value is -1.51. The average molecular weight is 163 g/mol. The smallest absolute Gasteiger partial charge is 0.341 e. The minimum atomic E-state index is -0.310. The minimum absolute atomic E-state index is 0.156. The molecule has 2 rings (SSSR count). The lowest BCUT2D eigenvalue weighted by molar-refractivity contribution is 0.0422. The van der Waals surface area contributed by atoms with E-state index in [1.165, 1.54) is 0 Å². The predicted molar refractivity (Wildman–Crippen MR) is 44.7 cm³/mol. The number of anilines is 1. The number of hydrogen-bond acceptors (Lipinski definition) is 3. The van der Waals surface area contributed by atoms with E-state index in [0.29, 0.717) is 11.3 Å². The van der Waals surface area contributed by atoms with Gasteiger partial charge in [0.1, 0.15) is 6.10 Å². The summed E-state index contributed by atoms with van der Waals surface area (Å²) >= 11 is 0. The van der Waals surface area contributed by atoms with Gasteiger partial charge in [-0.1, -0.05) is 12.1 Å². The lowest BCUT2D eigenvalue weighted by Crippen LogP contribution is -1.99. The molecule has 0 spiro atoms. The predicted octanol–water partition coefficient (Wildman–Crippen LogP) is 1.50. The van der Waals surface area contributed by atoms with E-state index in [1.54, 1.807) is 6.07 Å². The molecule has 3 nitrogen and oxygen atoms in total. The molecule has 1 aromatic rings. The van der Waals surface area contributed by atoms with Crippen LogP contribution in [0.3, 0.4) is 0 Å². The highest BCUT2D eigenvalue weighted by Crippen LogP contribution is 2.33. The van der Waals surface area contributed by atoms with Crippen LogP contribution >= 0.6 is 0 Å². The molecular weight excluding hydrogens is 154 g/mol. The van der Waals surface area contributed by atoms with Crippen LogP contribution < -0.4 is 5.73 Å². The third kappa shape index (κ3) is 0.794. The summed E-state index contributed by atoms with van der Waals surface area (Å²) in [5, 5.41) is 0. The first kappa shape index (κ1) is 7.16. The number of benzene rings is 1. The number of ether oxygens (including phenoxy) is 1. The third-order valence-corrected chi connectivity index (χ3v) is 2.05. The number of carbonyl (C=O) groups is 1. The molecule has 0 saturated heterocycles. The zero-order chi connectivity index (χ0) is 8.72. The molecule has 12 heavy (non-hydrogen) atoms. The first-order valence-electron chi connectivity index (χ1n) is 3.79. The lowest BCUT2D eigenvalue weighted by atomic mass is 10.0. The summed E-state index contributed by atoms with van der Waals surface area (Å²) in [6, 6.07) is 5.39. The fourth-order valence-corrected chi connectivity index (χ4v) is 1.45. The molecule has 0 aromatic heterocycles. The van der Waals surface area contributed by atoms with Crippen molar-refractivity contribution in [3.63, 3.8) is 0 Å². The van der Waals surface area contributed by atoms with Crippen molar-refractivity contribution in [3.05, 3.63) is 29.3 Å². The van der Waals surface area contributed by atoms with E-state index < -0.39 is 0 Å². The van der Waals surface area contributed by atoms with Crippen molar-refractivity contribution in [2.24, 2.45) is 0 Å². The van der Waals surface area contributed by atoms with Gasteiger partial charge < -0.3 is 10.5 Å². The zero-order valence-electron chi connectivity index (χ0n) is 6.70. The molecule has 1 aliphatic rings. The number of esters is 1. The fourth-order valence-electron chi connectivity index (χ4n) is 1.45. The van der Waals surface area contributed by atoms with Gasteiger partial charge in [-0.05, 0) is 13.0 Å². The summed E-state index contributed by atoms with van der Waals surface area (Å²) < 4.78 is 4.99. The van der Waals surface area contributed by atoms with E-state index in [4.69, 9.17) is 10.5 Å². The van der Waals surface area contributed by atoms with E-state index in [-0.39, 0.29) is 12.1 Å². The van der Waals surface area contributed by atoms with Gasteiger partial charge in [0.2, 0.25) is 0 Å². The van der Waals surface area contributed by atoms with Crippen molar-refractivity contribution in [1.82, 2.24) is 0 Å². The van der Waals surface area contributed by atoms with Crippen LogP contribution in [0.1, 0.15) is 28.9 Å². The van der Waals surface area contributed by atoms with Crippen LogP contribution in [0.4, 0.5) is 5.69 Å². The molecule has 2 N–H and O–H groups in total. The second-order valence-electron chi connectivity index (χ2n) is 2.86. The summed E-state index contributed by atoms with van der Waals surface area (Å²) in [6.07, 6.45) is -0.156. The maximum absolute atomic E-state index is 11.2. The number of rotatable bonds is 0. The molecule has 1 heterocycles. The van der Waals surface area contributed by atoms with Crippen LogP contribution in [0.2, 0.25) is 0 Å². The van der Waals surface area contributed by atoms with E-state index in [2.05, 4.69) is 0 Å². The van der Waals surface area contributed by atoms with Gasteiger partial charge in [-0.2, -0.15) is 0 Å². The Morgan fingerprint density at radius 3 is 2.92 bits per heavy atom. The monoisotopic (exact) mass is 163 g/mol. The number of hydrogen-bond donors (Lipinski definition) is 1. The Balaban J connectivity index is 2.67. The van der Waals surface area contributed by atoms with Gasteiger partial charge in [-0.25, -0.2) is 4.79 Å². The van der Waals surface area contributed by atoms with Crippen LogP contribution in [0.25, 0.3) is 0 Å². The number of carbonyl (C=O) groups excluding carboxylic acids is 1. The zero-order valence-corrected chi connectivity index (χ0v) is 6.70. The Bertz CT molecular complexity index is 346. The molecule has 0 saturated carbocycles. The van der Waals surface area contributed by atoms with E-state index >= 15 is 0 Å². The van der Waals surface area contributed by atoms with E-state index in [9.17, 15) is 4.79 Å². The Kier molecular flexibility index (Phi) is 1.33. The van der Waals surface area contributed by atoms with Gasteiger partial charge in [0, 0.05) is 11.3 Å². The number of nitrogen functional groups attached to an aromatic ring is 1. The van der Waals surface area contributed by atoms with Crippen molar-refractivity contribution in [2.45, 2.75) is 13.0 Å². The summed E-state index contributed by atoms with van der Waals surface area (Å²) in [5.41, 5.74) is 7.55. The van der Waals surface area contributed by atoms with Gasteiger partial charge in [0.05, 0.1) is 5.56 Å². The molecule has 3 heteroatoms. The molecule has 62 valence electrons. The summed E-state index contributed by atoms with van der Waals surface area (Å²) in [6.45, 7) is 1.84. The highest BCUT2D eigenvalue weighted by Gasteiger charge is 2.29. The van der Waals surface area contributed by atoms with E-state index in [0.717, 1.165) is 5.56 Å². The third-order valence-electron chi connectivity index (χ3n) is 2.05. The molecule has 0 radical (unpaired) electrons. The minimum Gasteiger partial charge on any atom is -0.454 e. The molecule has 0 unspecified atom stereocenters. The van der Waals surface area contributed by atoms with Gasteiger partial charge in [-0.15, -0.1) is 0 Å². The Morgan fingerprint density at radius 1 is 1.50 bits per heavy atom. The fraction of sp³-hybridized carbons (Fsp3) is 0.222.